The van der Waals surface area contributed by atoms with E-state index in [0.29, 0.717) is 11.1 Å². The summed E-state index contributed by atoms with van der Waals surface area (Å²) in [5, 5.41) is 3.00. The van der Waals surface area contributed by atoms with Crippen LogP contribution in [0.15, 0.2) is 18.2 Å². The highest BCUT2D eigenvalue weighted by molar-refractivity contribution is 6.23. The van der Waals surface area contributed by atoms with Crippen molar-refractivity contribution in [2.45, 2.75) is 38.1 Å². The Morgan fingerprint density at radius 2 is 1.84 bits per heavy atom. The summed E-state index contributed by atoms with van der Waals surface area (Å²) in [6.07, 6.45) is 5.32. The molecule has 1 aliphatic heterocycles. The summed E-state index contributed by atoms with van der Waals surface area (Å²) in [5.74, 6) is -0.249. The van der Waals surface area contributed by atoms with E-state index in [1.54, 1.807) is 13.1 Å². The number of imide groups is 1. The Hall–Kier alpha value is -1.84. The Bertz CT molecular complexity index is 533. The lowest BCUT2D eigenvalue weighted by atomic mass is 9.94. The van der Waals surface area contributed by atoms with Gasteiger partial charge in [-0.2, -0.15) is 0 Å². The predicted octanol–water partition coefficient (Wildman–Crippen LogP) is 2.66. The van der Waals surface area contributed by atoms with Gasteiger partial charge in [0.15, 0.2) is 0 Å². The lowest BCUT2D eigenvalue weighted by molar-refractivity contribution is 0.0549. The Morgan fingerprint density at radius 1 is 1.11 bits per heavy atom. The van der Waals surface area contributed by atoms with Crippen LogP contribution in [0.5, 0.6) is 0 Å². The highest BCUT2D eigenvalue weighted by atomic mass is 16.2. The number of rotatable bonds is 2. The maximum atomic E-state index is 12.6. The van der Waals surface area contributed by atoms with Crippen molar-refractivity contribution in [3.05, 3.63) is 29.3 Å². The first kappa shape index (κ1) is 12.2. The number of nitrogens with zero attached hydrogens (tertiary/aromatic N) is 1. The van der Waals surface area contributed by atoms with E-state index in [1.165, 1.54) is 11.3 Å². The molecule has 4 heteroatoms. The van der Waals surface area contributed by atoms with Gasteiger partial charge >= 0.3 is 0 Å². The Labute approximate surface area is 112 Å². The summed E-state index contributed by atoms with van der Waals surface area (Å²) in [7, 11) is 1.77. The molecule has 1 aromatic carbocycles. The zero-order valence-corrected chi connectivity index (χ0v) is 11.1. The number of carbonyl (C=O) groups excluding carboxylic acids is 2. The second-order valence-electron chi connectivity index (χ2n) is 5.25. The molecule has 1 heterocycles. The summed E-state index contributed by atoms with van der Waals surface area (Å²) in [5.41, 5.74) is 1.83. The number of fused-ring (bicyclic) bond motifs is 1. The van der Waals surface area contributed by atoms with Crippen molar-refractivity contribution < 1.29 is 9.59 Å². The van der Waals surface area contributed by atoms with Gasteiger partial charge in [0, 0.05) is 18.8 Å². The van der Waals surface area contributed by atoms with Crippen molar-refractivity contribution in [1.82, 2.24) is 4.90 Å². The van der Waals surface area contributed by atoms with Crippen molar-refractivity contribution in [3.8, 4) is 0 Å². The van der Waals surface area contributed by atoms with E-state index in [9.17, 15) is 9.59 Å². The smallest absolute Gasteiger partial charge is 0.263 e. The van der Waals surface area contributed by atoms with Crippen LogP contribution < -0.4 is 5.32 Å². The van der Waals surface area contributed by atoms with E-state index in [0.717, 1.165) is 31.4 Å². The summed E-state index contributed by atoms with van der Waals surface area (Å²) < 4.78 is 0. The summed E-state index contributed by atoms with van der Waals surface area (Å²) in [4.78, 5) is 26.5. The van der Waals surface area contributed by atoms with Gasteiger partial charge in [-0.3, -0.25) is 14.5 Å². The van der Waals surface area contributed by atoms with Gasteiger partial charge in [-0.05, 0) is 25.0 Å². The van der Waals surface area contributed by atoms with Crippen molar-refractivity contribution in [2.75, 3.05) is 12.4 Å². The molecule has 1 saturated carbocycles. The molecule has 1 aliphatic carbocycles. The molecule has 100 valence electrons. The average molecular weight is 258 g/mol. The number of hydrogen-bond acceptors (Lipinski definition) is 3. The molecule has 0 spiro atoms. The van der Waals surface area contributed by atoms with Crippen molar-refractivity contribution >= 4 is 17.5 Å². The van der Waals surface area contributed by atoms with Crippen LogP contribution in [0.1, 0.15) is 52.8 Å². The molecule has 2 amide bonds. The lowest BCUT2D eigenvalue weighted by Crippen LogP contribution is -2.40. The van der Waals surface area contributed by atoms with Gasteiger partial charge in [0.1, 0.15) is 0 Å². The van der Waals surface area contributed by atoms with Crippen LogP contribution in [0.4, 0.5) is 5.69 Å². The molecular formula is C15H18N2O2. The molecule has 19 heavy (non-hydrogen) atoms. The minimum atomic E-state index is -0.128. The maximum absolute atomic E-state index is 12.6. The Kier molecular flexibility index (Phi) is 3.01. The third kappa shape index (κ3) is 1.82. The molecule has 1 aromatic rings. The minimum Gasteiger partial charge on any atom is -0.387 e. The van der Waals surface area contributed by atoms with Crippen LogP contribution in [0.25, 0.3) is 0 Å². The third-order valence-electron chi connectivity index (χ3n) is 4.16. The zero-order chi connectivity index (χ0) is 13.4. The summed E-state index contributed by atoms with van der Waals surface area (Å²) >= 11 is 0. The van der Waals surface area contributed by atoms with Crippen LogP contribution in [-0.4, -0.2) is 29.8 Å². The zero-order valence-electron chi connectivity index (χ0n) is 11.1. The van der Waals surface area contributed by atoms with Gasteiger partial charge in [0.05, 0.1) is 11.1 Å². The summed E-state index contributed by atoms with van der Waals surface area (Å²) in [6.45, 7) is 0. The summed E-state index contributed by atoms with van der Waals surface area (Å²) in [6, 6.07) is 5.50. The minimum absolute atomic E-state index is 0.0888. The van der Waals surface area contributed by atoms with Gasteiger partial charge < -0.3 is 5.32 Å². The molecule has 1 N–H and O–H groups in total. The largest absolute Gasteiger partial charge is 0.387 e. The van der Waals surface area contributed by atoms with Crippen LogP contribution >= 0.6 is 0 Å². The monoisotopic (exact) mass is 258 g/mol. The first-order valence-corrected chi connectivity index (χ1v) is 6.92. The Balaban J connectivity index is 1.99. The normalized spacial score (nSPS) is 19.7. The lowest BCUT2D eigenvalue weighted by Gasteiger charge is -2.29. The van der Waals surface area contributed by atoms with Gasteiger partial charge in [-0.15, -0.1) is 0 Å². The molecule has 0 radical (unpaired) electrons. The SMILES string of the molecule is CNc1cccc2c1C(=O)N(C1CCCCC1)C2=O. The molecule has 0 atom stereocenters. The highest BCUT2D eigenvalue weighted by Crippen LogP contribution is 2.34. The second kappa shape index (κ2) is 4.68. The van der Waals surface area contributed by atoms with E-state index >= 15 is 0 Å². The first-order chi connectivity index (χ1) is 9.24. The van der Waals surface area contributed by atoms with Crippen LogP contribution in [0.2, 0.25) is 0 Å². The number of hydrogen-bond donors (Lipinski definition) is 1. The highest BCUT2D eigenvalue weighted by Gasteiger charge is 2.41. The molecule has 2 aliphatic rings. The predicted molar refractivity (Wildman–Crippen MR) is 73.4 cm³/mol. The van der Waals surface area contributed by atoms with Gasteiger partial charge in [-0.25, -0.2) is 0 Å². The molecule has 0 unspecified atom stereocenters. The standard InChI is InChI=1S/C15H18N2O2/c1-16-12-9-5-8-11-13(12)15(19)17(14(11)18)10-6-3-2-4-7-10/h5,8-10,16H,2-4,6-7H2,1H3. The number of carbonyl (C=O) groups is 2. The van der Waals surface area contributed by atoms with Crippen molar-refractivity contribution in [3.63, 3.8) is 0 Å². The maximum Gasteiger partial charge on any atom is 0.263 e. The topological polar surface area (TPSA) is 49.4 Å². The van der Waals surface area contributed by atoms with Crippen LogP contribution in [0.3, 0.4) is 0 Å². The molecule has 4 nitrogen and oxygen atoms in total. The van der Waals surface area contributed by atoms with Crippen LogP contribution in [-0.2, 0) is 0 Å². The third-order valence-corrected chi connectivity index (χ3v) is 4.16. The van der Waals surface area contributed by atoms with Crippen molar-refractivity contribution in [2.24, 2.45) is 0 Å². The molecule has 1 fully saturated rings. The number of amides is 2. The van der Waals surface area contributed by atoms with E-state index < -0.39 is 0 Å². The van der Waals surface area contributed by atoms with E-state index in [-0.39, 0.29) is 17.9 Å². The number of nitrogens with one attached hydrogen (secondary N) is 1. The molecule has 0 bridgehead atoms. The quantitative estimate of drug-likeness (QED) is 0.830. The van der Waals surface area contributed by atoms with Gasteiger partial charge in [0.2, 0.25) is 0 Å². The van der Waals surface area contributed by atoms with Crippen molar-refractivity contribution in [1.29, 1.82) is 0 Å². The van der Waals surface area contributed by atoms with Gasteiger partial charge in [-0.1, -0.05) is 25.3 Å². The number of anilines is 1. The fourth-order valence-electron chi connectivity index (χ4n) is 3.18. The first-order valence-electron chi connectivity index (χ1n) is 6.92. The number of benzene rings is 1. The molecular weight excluding hydrogens is 240 g/mol. The van der Waals surface area contributed by atoms with E-state index in [1.807, 2.05) is 12.1 Å². The fourth-order valence-corrected chi connectivity index (χ4v) is 3.18. The van der Waals surface area contributed by atoms with E-state index in [2.05, 4.69) is 5.32 Å². The second-order valence-corrected chi connectivity index (χ2v) is 5.25. The Morgan fingerprint density at radius 3 is 2.53 bits per heavy atom. The van der Waals surface area contributed by atoms with Crippen LogP contribution in [0, 0.1) is 0 Å². The molecule has 0 saturated heterocycles. The fraction of sp³-hybridized carbons (Fsp3) is 0.467. The average Bonchev–Trinajstić information content (AvgIpc) is 2.72. The van der Waals surface area contributed by atoms with Gasteiger partial charge in [0.25, 0.3) is 11.8 Å². The molecule has 3 rings (SSSR count). The molecule has 0 aromatic heterocycles. The van der Waals surface area contributed by atoms with E-state index in [4.69, 9.17) is 0 Å².